The lowest BCUT2D eigenvalue weighted by atomic mass is 10.1. The minimum atomic E-state index is -0.594. The molecule has 0 bridgehead atoms. The van der Waals surface area contributed by atoms with Crippen LogP contribution >= 0.6 is 0 Å². The maximum Gasteiger partial charge on any atom is 0.269 e. The molecule has 3 N–H and O–H groups in total. The summed E-state index contributed by atoms with van der Waals surface area (Å²) in [5, 5.41) is 2.60. The Morgan fingerprint density at radius 1 is 1.27 bits per heavy atom. The van der Waals surface area contributed by atoms with Crippen LogP contribution in [0.1, 0.15) is 35.8 Å². The van der Waals surface area contributed by atoms with Crippen LogP contribution in [0.15, 0.2) is 36.7 Å². The van der Waals surface area contributed by atoms with E-state index in [0.717, 1.165) is 12.8 Å². The second-order valence-electron chi connectivity index (χ2n) is 4.99. The summed E-state index contributed by atoms with van der Waals surface area (Å²) in [5.74, 6) is -0.556. The Hall–Kier alpha value is -2.63. The van der Waals surface area contributed by atoms with Crippen LogP contribution in [0.2, 0.25) is 0 Å². The number of hydrogen-bond donors (Lipinski definition) is 2. The average molecular weight is 300 g/mol. The number of amides is 2. The number of benzene rings is 1. The first-order valence-electron chi connectivity index (χ1n) is 7.30. The van der Waals surface area contributed by atoms with Crippen molar-refractivity contribution in [3.63, 3.8) is 0 Å². The number of nitrogens with one attached hydrogen (secondary N) is 1. The van der Waals surface area contributed by atoms with Gasteiger partial charge in [0.2, 0.25) is 5.91 Å². The minimum absolute atomic E-state index is 0.197. The summed E-state index contributed by atoms with van der Waals surface area (Å²) in [4.78, 5) is 27.1. The van der Waals surface area contributed by atoms with Crippen molar-refractivity contribution in [2.24, 2.45) is 5.73 Å². The number of carbonyl (C=O) groups excluding carboxylic acids is 2. The predicted molar refractivity (Wildman–Crippen MR) is 84.4 cm³/mol. The number of rotatable bonds is 7. The molecule has 6 heteroatoms. The highest BCUT2D eigenvalue weighted by molar-refractivity contribution is 6.00. The number of hydrogen-bond acceptors (Lipinski definition) is 3. The van der Waals surface area contributed by atoms with E-state index in [1.165, 1.54) is 11.9 Å². The fourth-order valence-electron chi connectivity index (χ4n) is 2.22. The molecule has 0 saturated heterocycles. The van der Waals surface area contributed by atoms with Gasteiger partial charge in [-0.05, 0) is 18.4 Å². The molecule has 1 aromatic carbocycles. The molecule has 2 amide bonds. The highest BCUT2D eigenvalue weighted by atomic mass is 16.2. The molecule has 0 aliphatic carbocycles. The summed E-state index contributed by atoms with van der Waals surface area (Å²) < 4.78 is 1.69. The van der Waals surface area contributed by atoms with Crippen molar-refractivity contribution in [3.05, 3.63) is 47.9 Å². The van der Waals surface area contributed by atoms with Gasteiger partial charge in [0.15, 0.2) is 11.5 Å². The Bertz CT molecular complexity index is 649. The van der Waals surface area contributed by atoms with Gasteiger partial charge in [-0.2, -0.15) is 0 Å². The molecule has 0 fully saturated rings. The quantitative estimate of drug-likeness (QED) is 0.819. The average Bonchev–Trinajstić information content (AvgIpc) is 2.91. The third kappa shape index (κ3) is 3.94. The number of nitrogens with two attached hydrogens (primary N) is 1. The van der Waals surface area contributed by atoms with Gasteiger partial charge in [0.05, 0.1) is 6.33 Å². The Labute approximate surface area is 129 Å². The Kier molecular flexibility index (Phi) is 5.30. The molecule has 0 unspecified atom stereocenters. The summed E-state index contributed by atoms with van der Waals surface area (Å²) in [7, 11) is 0. The highest BCUT2D eigenvalue weighted by Gasteiger charge is 2.17. The van der Waals surface area contributed by atoms with Gasteiger partial charge >= 0.3 is 0 Å². The molecule has 0 radical (unpaired) electrons. The lowest BCUT2D eigenvalue weighted by Gasteiger charge is -2.07. The number of primary amides is 1. The maximum atomic E-state index is 11.6. The predicted octanol–water partition coefficient (Wildman–Crippen LogP) is 1.96. The number of anilines is 1. The summed E-state index contributed by atoms with van der Waals surface area (Å²) in [6.07, 6.45) is 3.60. The van der Waals surface area contributed by atoms with E-state index in [1.54, 1.807) is 11.5 Å². The van der Waals surface area contributed by atoms with E-state index in [-0.39, 0.29) is 17.4 Å². The second kappa shape index (κ2) is 7.40. The standard InChI is InChI=1S/C16H20N4O2/c1-2-13(21)19-16-14(15(17)22)20(11-18-16)10-6-9-12-7-4-3-5-8-12/h3-5,7-8,11H,2,6,9-10H2,1H3,(H2,17,22)(H,19,21). The van der Waals surface area contributed by atoms with Crippen molar-refractivity contribution < 1.29 is 9.59 Å². The van der Waals surface area contributed by atoms with Crippen LogP contribution in [0.5, 0.6) is 0 Å². The first-order valence-corrected chi connectivity index (χ1v) is 7.30. The summed E-state index contributed by atoms with van der Waals surface area (Å²) >= 11 is 0. The Morgan fingerprint density at radius 3 is 2.64 bits per heavy atom. The number of aryl methyl sites for hydroxylation is 2. The van der Waals surface area contributed by atoms with Crippen molar-refractivity contribution in [3.8, 4) is 0 Å². The van der Waals surface area contributed by atoms with Gasteiger partial charge in [-0.15, -0.1) is 0 Å². The van der Waals surface area contributed by atoms with Gasteiger partial charge in [0.25, 0.3) is 5.91 Å². The molecular weight excluding hydrogens is 280 g/mol. The fourth-order valence-corrected chi connectivity index (χ4v) is 2.22. The van der Waals surface area contributed by atoms with E-state index in [4.69, 9.17) is 5.73 Å². The molecule has 2 aromatic rings. The third-order valence-electron chi connectivity index (χ3n) is 3.36. The van der Waals surface area contributed by atoms with Crippen molar-refractivity contribution >= 4 is 17.6 Å². The largest absolute Gasteiger partial charge is 0.364 e. The van der Waals surface area contributed by atoms with Crippen molar-refractivity contribution in [1.29, 1.82) is 0 Å². The third-order valence-corrected chi connectivity index (χ3v) is 3.36. The molecule has 22 heavy (non-hydrogen) atoms. The zero-order chi connectivity index (χ0) is 15.9. The molecule has 0 atom stereocenters. The molecule has 2 rings (SSSR count). The van der Waals surface area contributed by atoms with Crippen LogP contribution < -0.4 is 11.1 Å². The topological polar surface area (TPSA) is 90.0 Å². The maximum absolute atomic E-state index is 11.6. The van der Waals surface area contributed by atoms with E-state index in [2.05, 4.69) is 22.4 Å². The van der Waals surface area contributed by atoms with E-state index in [1.807, 2.05) is 18.2 Å². The van der Waals surface area contributed by atoms with E-state index >= 15 is 0 Å². The molecular formula is C16H20N4O2. The molecule has 1 heterocycles. The zero-order valence-corrected chi connectivity index (χ0v) is 12.6. The van der Waals surface area contributed by atoms with Crippen molar-refractivity contribution in [1.82, 2.24) is 9.55 Å². The van der Waals surface area contributed by atoms with Crippen LogP contribution in [0.3, 0.4) is 0 Å². The van der Waals surface area contributed by atoms with E-state index < -0.39 is 5.91 Å². The van der Waals surface area contributed by atoms with Gasteiger partial charge in [-0.25, -0.2) is 4.98 Å². The summed E-state index contributed by atoms with van der Waals surface area (Å²) in [6, 6.07) is 10.1. The molecule has 0 spiro atoms. The lowest BCUT2D eigenvalue weighted by molar-refractivity contribution is -0.115. The van der Waals surface area contributed by atoms with Crippen LogP contribution in [0.25, 0.3) is 0 Å². The number of carbonyl (C=O) groups is 2. The molecule has 0 saturated carbocycles. The van der Waals surface area contributed by atoms with E-state index in [0.29, 0.717) is 13.0 Å². The Morgan fingerprint density at radius 2 is 2.00 bits per heavy atom. The molecule has 1 aromatic heterocycles. The van der Waals surface area contributed by atoms with Gasteiger partial charge in [-0.3, -0.25) is 9.59 Å². The molecule has 116 valence electrons. The highest BCUT2D eigenvalue weighted by Crippen LogP contribution is 2.15. The molecule has 0 aliphatic rings. The first-order chi connectivity index (χ1) is 10.6. The number of imidazole rings is 1. The van der Waals surface area contributed by atoms with Crippen LogP contribution in [0, 0.1) is 0 Å². The minimum Gasteiger partial charge on any atom is -0.364 e. The zero-order valence-electron chi connectivity index (χ0n) is 12.6. The van der Waals surface area contributed by atoms with Crippen molar-refractivity contribution in [2.45, 2.75) is 32.7 Å². The first kappa shape index (κ1) is 15.8. The normalized spacial score (nSPS) is 10.4. The van der Waals surface area contributed by atoms with Crippen LogP contribution in [-0.2, 0) is 17.8 Å². The van der Waals surface area contributed by atoms with Crippen LogP contribution in [-0.4, -0.2) is 21.4 Å². The molecule has 0 aliphatic heterocycles. The monoisotopic (exact) mass is 300 g/mol. The fraction of sp³-hybridized carbons (Fsp3) is 0.312. The van der Waals surface area contributed by atoms with E-state index in [9.17, 15) is 9.59 Å². The number of nitrogens with zero attached hydrogens (tertiary/aromatic N) is 2. The summed E-state index contributed by atoms with van der Waals surface area (Å²) in [6.45, 7) is 2.35. The van der Waals surface area contributed by atoms with Gasteiger partial charge < -0.3 is 15.6 Å². The van der Waals surface area contributed by atoms with Crippen LogP contribution in [0.4, 0.5) is 5.82 Å². The number of aromatic nitrogens is 2. The summed E-state index contributed by atoms with van der Waals surface area (Å²) in [5.41, 5.74) is 6.89. The van der Waals surface area contributed by atoms with Crippen molar-refractivity contribution in [2.75, 3.05) is 5.32 Å². The SMILES string of the molecule is CCC(=O)Nc1ncn(CCCc2ccccc2)c1C(N)=O. The second-order valence-corrected chi connectivity index (χ2v) is 4.99. The smallest absolute Gasteiger partial charge is 0.269 e. The lowest BCUT2D eigenvalue weighted by Crippen LogP contribution is -2.20. The van der Waals surface area contributed by atoms with Gasteiger partial charge in [-0.1, -0.05) is 37.3 Å². The Balaban J connectivity index is 2.04. The van der Waals surface area contributed by atoms with Gasteiger partial charge in [0.1, 0.15) is 0 Å². The molecule has 6 nitrogen and oxygen atoms in total. The van der Waals surface area contributed by atoms with Gasteiger partial charge in [0, 0.05) is 13.0 Å².